The first-order chi connectivity index (χ1) is 9.39. The Labute approximate surface area is 120 Å². The molecule has 0 radical (unpaired) electrons. The molecule has 0 aromatic heterocycles. The molecule has 0 saturated heterocycles. The van der Waals surface area contributed by atoms with Gasteiger partial charge in [-0.05, 0) is 48.1 Å². The molecule has 0 heterocycles. The molecule has 0 spiro atoms. The predicted octanol–water partition coefficient (Wildman–Crippen LogP) is 4.25. The van der Waals surface area contributed by atoms with Crippen molar-refractivity contribution in [3.8, 4) is 0 Å². The molecule has 106 valence electrons. The van der Waals surface area contributed by atoms with Crippen LogP contribution in [-0.4, -0.2) is 0 Å². The minimum Gasteiger partial charge on any atom is -0.318 e. The molecule has 2 aromatic carbocycles. The van der Waals surface area contributed by atoms with Crippen molar-refractivity contribution in [2.75, 3.05) is 0 Å². The fourth-order valence-electron chi connectivity index (χ4n) is 2.46. The van der Waals surface area contributed by atoms with Gasteiger partial charge in [0.05, 0.1) is 5.54 Å². The van der Waals surface area contributed by atoms with Crippen molar-refractivity contribution in [1.82, 2.24) is 0 Å². The van der Waals surface area contributed by atoms with Gasteiger partial charge in [0.15, 0.2) is 0 Å². The van der Waals surface area contributed by atoms with Crippen LogP contribution in [0.25, 0.3) is 0 Å². The van der Waals surface area contributed by atoms with Crippen molar-refractivity contribution >= 4 is 0 Å². The molecule has 20 heavy (non-hydrogen) atoms. The molecule has 2 N–H and O–H groups in total. The molecule has 0 aliphatic carbocycles. The smallest absolute Gasteiger partial charge is 0.123 e. The number of halogens is 1. The van der Waals surface area contributed by atoms with Crippen LogP contribution in [-0.2, 0) is 12.0 Å². The Morgan fingerprint density at radius 3 is 2.30 bits per heavy atom. The van der Waals surface area contributed by atoms with Crippen molar-refractivity contribution in [3.05, 3.63) is 71.0 Å². The molecular weight excluding hydrogens is 249 g/mol. The van der Waals surface area contributed by atoms with Crippen LogP contribution < -0.4 is 5.73 Å². The quantitative estimate of drug-likeness (QED) is 0.884. The molecule has 1 nitrogen and oxygen atoms in total. The van der Waals surface area contributed by atoms with E-state index in [1.807, 2.05) is 19.1 Å². The molecule has 1 atom stereocenters. The van der Waals surface area contributed by atoms with Gasteiger partial charge in [-0.3, -0.25) is 0 Å². The van der Waals surface area contributed by atoms with E-state index in [9.17, 15) is 4.39 Å². The van der Waals surface area contributed by atoms with Crippen molar-refractivity contribution in [3.63, 3.8) is 0 Å². The highest BCUT2D eigenvalue weighted by molar-refractivity contribution is 5.39. The maximum Gasteiger partial charge on any atom is 0.123 e. The van der Waals surface area contributed by atoms with E-state index in [4.69, 9.17) is 5.73 Å². The van der Waals surface area contributed by atoms with Crippen LogP contribution in [0.2, 0.25) is 0 Å². The van der Waals surface area contributed by atoms with Gasteiger partial charge >= 0.3 is 0 Å². The lowest BCUT2D eigenvalue weighted by Crippen LogP contribution is -2.34. The summed E-state index contributed by atoms with van der Waals surface area (Å²) in [7, 11) is 0. The zero-order valence-electron chi connectivity index (χ0n) is 12.4. The lowest BCUT2D eigenvalue weighted by atomic mass is 9.84. The van der Waals surface area contributed by atoms with Crippen molar-refractivity contribution in [2.24, 2.45) is 11.7 Å². The maximum absolute atomic E-state index is 13.0. The number of benzene rings is 2. The highest BCUT2D eigenvalue weighted by Gasteiger charge is 2.23. The Kier molecular flexibility index (Phi) is 4.24. The van der Waals surface area contributed by atoms with E-state index in [-0.39, 0.29) is 5.82 Å². The molecule has 1 unspecified atom stereocenters. The number of nitrogens with two attached hydrogens (primary N) is 1. The Morgan fingerprint density at radius 2 is 1.70 bits per heavy atom. The summed E-state index contributed by atoms with van der Waals surface area (Å²) in [5.41, 5.74) is 9.14. The Hall–Kier alpha value is -1.67. The predicted molar refractivity (Wildman–Crippen MR) is 82.0 cm³/mol. The van der Waals surface area contributed by atoms with Gasteiger partial charge in [-0.2, -0.15) is 0 Å². The summed E-state index contributed by atoms with van der Waals surface area (Å²) in [6, 6.07) is 14.8. The number of hydrogen-bond acceptors (Lipinski definition) is 1. The van der Waals surface area contributed by atoms with E-state index in [2.05, 4.69) is 26.0 Å². The van der Waals surface area contributed by atoms with Gasteiger partial charge in [0.25, 0.3) is 0 Å². The second-order valence-electron chi connectivity index (χ2n) is 6.01. The minimum absolute atomic E-state index is 0.238. The third-order valence-corrected chi connectivity index (χ3v) is 3.61. The lowest BCUT2D eigenvalue weighted by Gasteiger charge is -2.26. The first-order valence-corrected chi connectivity index (χ1v) is 7.04. The largest absolute Gasteiger partial charge is 0.318 e. The molecule has 0 aliphatic rings. The van der Waals surface area contributed by atoms with Gasteiger partial charge < -0.3 is 5.73 Å². The fraction of sp³-hybridized carbons (Fsp3) is 0.333. The average Bonchev–Trinajstić information content (AvgIpc) is 2.39. The van der Waals surface area contributed by atoms with Crippen molar-refractivity contribution in [1.29, 1.82) is 0 Å². The third kappa shape index (κ3) is 3.26. The third-order valence-electron chi connectivity index (χ3n) is 3.61. The van der Waals surface area contributed by atoms with Crippen LogP contribution in [0.5, 0.6) is 0 Å². The Bertz CT molecular complexity index is 570. The van der Waals surface area contributed by atoms with E-state index >= 15 is 0 Å². The lowest BCUT2D eigenvalue weighted by molar-refractivity contribution is 0.590. The molecule has 0 aliphatic heterocycles. The van der Waals surface area contributed by atoms with E-state index in [1.54, 1.807) is 12.1 Å². The highest BCUT2D eigenvalue weighted by atomic mass is 19.1. The molecule has 2 aromatic rings. The van der Waals surface area contributed by atoms with Gasteiger partial charge in [-0.1, -0.05) is 50.2 Å². The maximum atomic E-state index is 13.0. The molecule has 0 fully saturated rings. The summed E-state index contributed by atoms with van der Waals surface area (Å²) < 4.78 is 13.0. The molecule has 2 rings (SSSR count). The molecule has 0 amide bonds. The topological polar surface area (TPSA) is 26.0 Å². The van der Waals surface area contributed by atoms with Crippen LogP contribution in [0.1, 0.15) is 37.5 Å². The van der Waals surface area contributed by atoms with Crippen LogP contribution in [0.3, 0.4) is 0 Å². The van der Waals surface area contributed by atoms with E-state index in [1.165, 1.54) is 17.7 Å². The highest BCUT2D eigenvalue weighted by Crippen LogP contribution is 2.27. The van der Waals surface area contributed by atoms with E-state index in [0.29, 0.717) is 5.92 Å². The SMILES string of the molecule is CC(C)Cc1cccc(C(C)(N)c2ccc(F)cc2)c1. The van der Waals surface area contributed by atoms with Gasteiger partial charge in [0, 0.05) is 0 Å². The summed E-state index contributed by atoms with van der Waals surface area (Å²) in [6.45, 7) is 6.37. The summed E-state index contributed by atoms with van der Waals surface area (Å²) in [6.07, 6.45) is 1.04. The van der Waals surface area contributed by atoms with Crippen LogP contribution in [0, 0.1) is 11.7 Å². The Balaban J connectivity index is 2.35. The monoisotopic (exact) mass is 271 g/mol. The fourth-order valence-corrected chi connectivity index (χ4v) is 2.46. The van der Waals surface area contributed by atoms with E-state index < -0.39 is 5.54 Å². The molecule has 2 heteroatoms. The van der Waals surface area contributed by atoms with Crippen LogP contribution >= 0.6 is 0 Å². The van der Waals surface area contributed by atoms with Crippen LogP contribution in [0.15, 0.2) is 48.5 Å². The summed E-state index contributed by atoms with van der Waals surface area (Å²) in [5.74, 6) is 0.373. The van der Waals surface area contributed by atoms with Gasteiger partial charge in [0.1, 0.15) is 5.82 Å². The molecule has 0 saturated carbocycles. The summed E-state index contributed by atoms with van der Waals surface area (Å²) in [4.78, 5) is 0. The standard InChI is InChI=1S/C18H22FN/c1-13(2)11-14-5-4-6-16(12-14)18(3,20)15-7-9-17(19)10-8-15/h4-10,12-13H,11,20H2,1-3H3. The Morgan fingerprint density at radius 1 is 1.05 bits per heavy atom. The zero-order valence-corrected chi connectivity index (χ0v) is 12.4. The summed E-state index contributed by atoms with van der Waals surface area (Å²) in [5, 5.41) is 0. The van der Waals surface area contributed by atoms with Gasteiger partial charge in [-0.15, -0.1) is 0 Å². The van der Waals surface area contributed by atoms with Gasteiger partial charge in [-0.25, -0.2) is 4.39 Å². The first-order valence-electron chi connectivity index (χ1n) is 7.04. The summed E-state index contributed by atoms with van der Waals surface area (Å²) >= 11 is 0. The van der Waals surface area contributed by atoms with Crippen molar-refractivity contribution < 1.29 is 4.39 Å². The molecular formula is C18H22FN. The second-order valence-corrected chi connectivity index (χ2v) is 6.01. The minimum atomic E-state index is -0.610. The first kappa shape index (κ1) is 14.7. The van der Waals surface area contributed by atoms with Gasteiger partial charge in [0.2, 0.25) is 0 Å². The number of rotatable bonds is 4. The molecule has 0 bridgehead atoms. The number of hydrogen-bond donors (Lipinski definition) is 1. The van der Waals surface area contributed by atoms with E-state index in [0.717, 1.165) is 17.5 Å². The zero-order chi connectivity index (χ0) is 14.8. The average molecular weight is 271 g/mol. The van der Waals surface area contributed by atoms with Crippen LogP contribution in [0.4, 0.5) is 4.39 Å². The second kappa shape index (κ2) is 5.76. The normalized spacial score (nSPS) is 14.3. The van der Waals surface area contributed by atoms with Crippen molar-refractivity contribution in [2.45, 2.75) is 32.7 Å².